The number of fused-ring (bicyclic) bond motifs is 3. The van der Waals surface area contributed by atoms with Crippen molar-refractivity contribution in [3.05, 3.63) is 47.4 Å². The molecule has 0 spiro atoms. The highest BCUT2D eigenvalue weighted by molar-refractivity contribution is 5.79. The molecule has 8 nitrogen and oxygen atoms in total. The van der Waals surface area contributed by atoms with E-state index in [4.69, 9.17) is 18.7 Å². The van der Waals surface area contributed by atoms with Crippen LogP contribution in [-0.2, 0) is 16.0 Å². The van der Waals surface area contributed by atoms with E-state index in [1.54, 1.807) is 6.07 Å². The highest BCUT2D eigenvalue weighted by Crippen LogP contribution is 2.48. The molecule has 37 heavy (non-hydrogen) atoms. The number of carbonyl (C=O) groups is 1. The van der Waals surface area contributed by atoms with Crippen LogP contribution in [0, 0.1) is 17.7 Å². The lowest BCUT2D eigenvalue weighted by Crippen LogP contribution is -2.43. The normalized spacial score (nSPS) is 24.2. The third-order valence-electron chi connectivity index (χ3n) is 8.50. The van der Waals surface area contributed by atoms with Crippen molar-refractivity contribution in [1.29, 1.82) is 0 Å². The summed E-state index contributed by atoms with van der Waals surface area (Å²) in [5.41, 5.74) is 3.77. The Labute approximate surface area is 214 Å². The molecule has 1 aliphatic carbocycles. The van der Waals surface area contributed by atoms with Gasteiger partial charge in [0.15, 0.2) is 23.3 Å². The molecule has 0 amide bonds. The Morgan fingerprint density at radius 1 is 1.14 bits per heavy atom. The molecule has 4 aliphatic rings. The van der Waals surface area contributed by atoms with Crippen molar-refractivity contribution in [3.8, 4) is 11.5 Å². The van der Waals surface area contributed by atoms with Crippen molar-refractivity contribution in [3.63, 3.8) is 0 Å². The molecule has 2 fully saturated rings. The van der Waals surface area contributed by atoms with Gasteiger partial charge < -0.3 is 28.5 Å². The third-order valence-corrected chi connectivity index (χ3v) is 8.50. The van der Waals surface area contributed by atoms with Crippen molar-refractivity contribution in [2.24, 2.45) is 11.8 Å². The van der Waals surface area contributed by atoms with Gasteiger partial charge in [0.2, 0.25) is 6.79 Å². The zero-order chi connectivity index (χ0) is 24.9. The molecule has 3 aliphatic heterocycles. The standard InChI is InChI=1S/C28H30FN3O5/c29-20-3-4-21-24(12-20)37-30-27(21)17-5-8-31(9-6-17)14-19-10-22(19)28(34-15-33)32-7-1-2-18-11-25-26(13-23(18)32)36-16-35-25/h3-4,11-13,15,17,19,22,28H,1-2,5-10,14,16H2. The first-order valence-corrected chi connectivity index (χ1v) is 13.2. The largest absolute Gasteiger partial charge is 0.454 e. The van der Waals surface area contributed by atoms with Gasteiger partial charge in [-0.15, -0.1) is 0 Å². The predicted molar refractivity (Wildman–Crippen MR) is 133 cm³/mol. The molecule has 2 aromatic carbocycles. The minimum absolute atomic E-state index is 0.249. The van der Waals surface area contributed by atoms with Crippen LogP contribution in [0.15, 0.2) is 34.9 Å². The van der Waals surface area contributed by atoms with Crippen molar-refractivity contribution in [2.75, 3.05) is 37.9 Å². The molecule has 4 heterocycles. The number of halogens is 1. The molecule has 0 bridgehead atoms. The number of aryl methyl sites for hydroxylation is 1. The topological polar surface area (TPSA) is 77.3 Å². The van der Waals surface area contributed by atoms with Gasteiger partial charge in [-0.2, -0.15) is 0 Å². The minimum atomic E-state index is -0.305. The van der Waals surface area contributed by atoms with Crippen molar-refractivity contribution in [2.45, 2.75) is 44.2 Å². The van der Waals surface area contributed by atoms with Gasteiger partial charge in [0.1, 0.15) is 5.82 Å². The van der Waals surface area contributed by atoms with Crippen LogP contribution in [0.1, 0.15) is 42.9 Å². The summed E-state index contributed by atoms with van der Waals surface area (Å²) in [6.45, 7) is 4.68. The molecule has 0 N–H and O–H groups in total. The van der Waals surface area contributed by atoms with E-state index in [1.165, 1.54) is 17.7 Å². The van der Waals surface area contributed by atoms with Gasteiger partial charge in [-0.25, -0.2) is 4.39 Å². The summed E-state index contributed by atoms with van der Waals surface area (Å²) >= 11 is 0. The van der Waals surface area contributed by atoms with Gasteiger partial charge >= 0.3 is 0 Å². The Morgan fingerprint density at radius 2 is 1.97 bits per heavy atom. The maximum atomic E-state index is 13.5. The van der Waals surface area contributed by atoms with E-state index in [0.717, 1.165) is 86.5 Å². The molecular formula is C28H30FN3O5. The summed E-state index contributed by atoms with van der Waals surface area (Å²) in [6.07, 6.45) is 4.78. The van der Waals surface area contributed by atoms with Gasteiger partial charge in [-0.3, -0.25) is 4.79 Å². The first kappa shape index (κ1) is 22.8. The summed E-state index contributed by atoms with van der Waals surface area (Å²) in [5.74, 6) is 2.38. The van der Waals surface area contributed by atoms with Crippen molar-refractivity contribution < 1.29 is 27.9 Å². The minimum Gasteiger partial charge on any atom is -0.454 e. The number of likely N-dealkylation sites (tertiary alicyclic amines) is 1. The summed E-state index contributed by atoms with van der Waals surface area (Å²) in [7, 11) is 0. The zero-order valence-electron chi connectivity index (χ0n) is 20.6. The van der Waals surface area contributed by atoms with Crippen LogP contribution in [0.5, 0.6) is 11.5 Å². The molecule has 3 unspecified atom stereocenters. The lowest BCUT2D eigenvalue weighted by Gasteiger charge is -2.37. The number of hydrogen-bond donors (Lipinski definition) is 0. The van der Waals surface area contributed by atoms with E-state index in [0.29, 0.717) is 29.8 Å². The average molecular weight is 508 g/mol. The lowest BCUT2D eigenvalue weighted by atomic mass is 9.91. The molecule has 1 saturated heterocycles. The Morgan fingerprint density at radius 3 is 2.81 bits per heavy atom. The highest BCUT2D eigenvalue weighted by atomic mass is 19.1. The number of anilines is 1. The SMILES string of the molecule is O=COC(C1CC1CN1CCC(c2noc3cc(F)ccc23)CC1)N1CCCc2cc3c(cc21)OCO3. The second-order valence-corrected chi connectivity index (χ2v) is 10.7. The van der Waals surface area contributed by atoms with E-state index in [2.05, 4.69) is 21.0 Å². The average Bonchev–Trinajstić information content (AvgIpc) is 3.30. The number of aromatic nitrogens is 1. The fraction of sp³-hybridized carbons (Fsp3) is 0.500. The number of carbonyl (C=O) groups excluding carboxylic acids is 1. The van der Waals surface area contributed by atoms with Crippen LogP contribution in [-0.4, -0.2) is 55.7 Å². The second-order valence-electron chi connectivity index (χ2n) is 10.7. The van der Waals surface area contributed by atoms with Gasteiger partial charge in [0.25, 0.3) is 6.47 Å². The van der Waals surface area contributed by atoms with Crippen LogP contribution >= 0.6 is 0 Å². The van der Waals surface area contributed by atoms with E-state index in [1.807, 2.05) is 6.07 Å². The molecule has 3 atom stereocenters. The van der Waals surface area contributed by atoms with Crippen LogP contribution in [0.2, 0.25) is 0 Å². The Balaban J connectivity index is 0.998. The van der Waals surface area contributed by atoms with Gasteiger partial charge in [-0.1, -0.05) is 5.16 Å². The van der Waals surface area contributed by atoms with E-state index < -0.39 is 0 Å². The number of rotatable bonds is 7. The molecular weight excluding hydrogens is 477 g/mol. The quantitative estimate of drug-likeness (QED) is 0.434. The predicted octanol–water partition coefficient (Wildman–Crippen LogP) is 4.46. The van der Waals surface area contributed by atoms with Crippen LogP contribution in [0.3, 0.4) is 0 Å². The molecule has 194 valence electrons. The van der Waals surface area contributed by atoms with Crippen LogP contribution < -0.4 is 14.4 Å². The maximum Gasteiger partial charge on any atom is 0.295 e. The molecule has 0 radical (unpaired) electrons. The smallest absolute Gasteiger partial charge is 0.295 e. The Hall–Kier alpha value is -3.33. The number of hydrogen-bond acceptors (Lipinski definition) is 8. The monoisotopic (exact) mass is 507 g/mol. The lowest BCUT2D eigenvalue weighted by molar-refractivity contribution is -0.134. The third kappa shape index (κ3) is 4.19. The van der Waals surface area contributed by atoms with E-state index in [-0.39, 0.29) is 18.8 Å². The molecule has 1 aromatic heterocycles. The van der Waals surface area contributed by atoms with Crippen LogP contribution in [0.25, 0.3) is 11.0 Å². The molecule has 9 heteroatoms. The second kappa shape index (κ2) is 9.20. The molecule has 1 saturated carbocycles. The first-order chi connectivity index (χ1) is 18.2. The maximum absolute atomic E-state index is 13.5. The Bertz CT molecular complexity index is 1320. The number of nitrogens with zero attached hydrogens (tertiary/aromatic N) is 3. The van der Waals surface area contributed by atoms with Gasteiger partial charge in [0.05, 0.1) is 5.69 Å². The Kier molecular flexibility index (Phi) is 5.68. The summed E-state index contributed by atoms with van der Waals surface area (Å²) in [6, 6.07) is 8.77. The van der Waals surface area contributed by atoms with Gasteiger partial charge in [-0.05, 0) is 74.9 Å². The van der Waals surface area contributed by atoms with Gasteiger partial charge in [0, 0.05) is 48.1 Å². The number of ether oxygens (including phenoxy) is 3. The van der Waals surface area contributed by atoms with E-state index in [9.17, 15) is 9.18 Å². The summed E-state index contributed by atoms with van der Waals surface area (Å²) in [4.78, 5) is 16.3. The van der Waals surface area contributed by atoms with Crippen molar-refractivity contribution in [1.82, 2.24) is 10.1 Å². The van der Waals surface area contributed by atoms with Crippen LogP contribution in [0.4, 0.5) is 10.1 Å². The fourth-order valence-electron chi connectivity index (χ4n) is 6.50. The van der Waals surface area contributed by atoms with Crippen molar-refractivity contribution >= 4 is 23.1 Å². The first-order valence-electron chi connectivity index (χ1n) is 13.2. The number of benzene rings is 2. The fourth-order valence-corrected chi connectivity index (χ4v) is 6.50. The highest BCUT2D eigenvalue weighted by Gasteiger charge is 2.48. The molecule has 3 aromatic rings. The van der Waals surface area contributed by atoms with E-state index >= 15 is 0 Å². The number of piperidine rings is 1. The summed E-state index contributed by atoms with van der Waals surface area (Å²) in [5, 5.41) is 5.19. The zero-order valence-corrected chi connectivity index (χ0v) is 20.6. The summed E-state index contributed by atoms with van der Waals surface area (Å²) < 4.78 is 35.8. The molecule has 7 rings (SSSR count).